The highest BCUT2D eigenvalue weighted by Crippen LogP contribution is 2.24. The lowest BCUT2D eigenvalue weighted by atomic mass is 9.93. The standard InChI is InChI=1S/C21H24N2O/c1-14(2)17-8-10-18(11-9-17)20(15(3)4)23-21(24)19-7-5-6-16(12-19)13-22/h5-12,14-15,20H,1-4H3,(H,23,24)/t20-/m1/s1. The molecule has 0 heterocycles. The van der Waals surface area contributed by atoms with Crippen LogP contribution < -0.4 is 5.32 Å². The molecule has 124 valence electrons. The van der Waals surface area contributed by atoms with Crippen LogP contribution in [-0.2, 0) is 0 Å². The highest BCUT2D eigenvalue weighted by atomic mass is 16.1. The fourth-order valence-electron chi connectivity index (χ4n) is 2.68. The molecule has 0 saturated carbocycles. The summed E-state index contributed by atoms with van der Waals surface area (Å²) in [6.45, 7) is 8.51. The minimum atomic E-state index is -0.154. The lowest BCUT2D eigenvalue weighted by Crippen LogP contribution is -2.31. The predicted molar refractivity (Wildman–Crippen MR) is 96.7 cm³/mol. The maximum Gasteiger partial charge on any atom is 0.251 e. The van der Waals surface area contributed by atoms with Gasteiger partial charge >= 0.3 is 0 Å². The van der Waals surface area contributed by atoms with Crippen molar-refractivity contribution in [3.63, 3.8) is 0 Å². The molecule has 0 saturated heterocycles. The van der Waals surface area contributed by atoms with Crippen molar-refractivity contribution in [1.29, 1.82) is 5.26 Å². The van der Waals surface area contributed by atoms with Gasteiger partial charge in [0.2, 0.25) is 0 Å². The van der Waals surface area contributed by atoms with Crippen LogP contribution in [0.4, 0.5) is 0 Å². The summed E-state index contributed by atoms with van der Waals surface area (Å²) in [6, 6.07) is 17.2. The van der Waals surface area contributed by atoms with Gasteiger partial charge in [-0.1, -0.05) is 58.0 Å². The zero-order valence-corrected chi connectivity index (χ0v) is 14.7. The molecule has 0 unspecified atom stereocenters. The zero-order chi connectivity index (χ0) is 17.7. The third-order valence-electron chi connectivity index (χ3n) is 4.17. The summed E-state index contributed by atoms with van der Waals surface area (Å²) in [5, 5.41) is 12.1. The van der Waals surface area contributed by atoms with E-state index in [1.807, 2.05) is 0 Å². The first-order valence-electron chi connectivity index (χ1n) is 8.33. The van der Waals surface area contributed by atoms with Crippen LogP contribution in [0.3, 0.4) is 0 Å². The van der Waals surface area contributed by atoms with Crippen molar-refractivity contribution >= 4 is 5.91 Å². The number of hydrogen-bond donors (Lipinski definition) is 1. The molecule has 3 nitrogen and oxygen atoms in total. The van der Waals surface area contributed by atoms with Crippen LogP contribution in [-0.4, -0.2) is 5.91 Å². The number of nitrogens with zero attached hydrogens (tertiary/aromatic N) is 1. The van der Waals surface area contributed by atoms with Gasteiger partial charge in [0, 0.05) is 5.56 Å². The van der Waals surface area contributed by atoms with Crippen LogP contribution in [0.15, 0.2) is 48.5 Å². The van der Waals surface area contributed by atoms with Crippen LogP contribution in [0.5, 0.6) is 0 Å². The van der Waals surface area contributed by atoms with E-state index < -0.39 is 0 Å². The number of carbonyl (C=O) groups excluding carboxylic acids is 1. The molecular formula is C21H24N2O. The van der Waals surface area contributed by atoms with E-state index in [0.717, 1.165) is 5.56 Å². The van der Waals surface area contributed by atoms with Crippen LogP contribution >= 0.6 is 0 Å². The van der Waals surface area contributed by atoms with Gasteiger partial charge in [-0.25, -0.2) is 0 Å². The second-order valence-electron chi connectivity index (χ2n) is 6.71. The van der Waals surface area contributed by atoms with Crippen LogP contribution in [0.2, 0.25) is 0 Å². The van der Waals surface area contributed by atoms with Gasteiger partial charge in [-0.3, -0.25) is 4.79 Å². The average molecular weight is 320 g/mol. The lowest BCUT2D eigenvalue weighted by Gasteiger charge is -2.23. The molecule has 3 heteroatoms. The second-order valence-corrected chi connectivity index (χ2v) is 6.71. The molecule has 1 atom stereocenters. The monoisotopic (exact) mass is 320 g/mol. The molecular weight excluding hydrogens is 296 g/mol. The first kappa shape index (κ1) is 17.7. The quantitative estimate of drug-likeness (QED) is 0.859. The molecule has 0 aliphatic heterocycles. The van der Waals surface area contributed by atoms with Gasteiger partial charge < -0.3 is 5.32 Å². The van der Waals surface area contributed by atoms with E-state index in [9.17, 15) is 4.79 Å². The van der Waals surface area contributed by atoms with Gasteiger partial charge in [0.25, 0.3) is 5.91 Å². The molecule has 0 aromatic heterocycles. The van der Waals surface area contributed by atoms with Crippen LogP contribution in [0.25, 0.3) is 0 Å². The van der Waals surface area contributed by atoms with Crippen molar-refractivity contribution < 1.29 is 4.79 Å². The molecule has 2 aromatic rings. The number of rotatable bonds is 5. The maximum atomic E-state index is 12.6. The first-order chi connectivity index (χ1) is 11.4. The van der Waals surface area contributed by atoms with Gasteiger partial charge in [0.1, 0.15) is 0 Å². The SMILES string of the molecule is CC(C)c1ccc([C@H](NC(=O)c2cccc(C#N)c2)C(C)C)cc1. The van der Waals surface area contributed by atoms with Crippen molar-refractivity contribution in [2.75, 3.05) is 0 Å². The van der Waals surface area contributed by atoms with E-state index in [4.69, 9.17) is 5.26 Å². The van der Waals surface area contributed by atoms with Crippen molar-refractivity contribution in [1.82, 2.24) is 5.32 Å². The van der Waals surface area contributed by atoms with Crippen LogP contribution in [0.1, 0.15) is 66.7 Å². The molecule has 0 bridgehead atoms. The Morgan fingerprint density at radius 2 is 1.62 bits per heavy atom. The summed E-state index contributed by atoms with van der Waals surface area (Å²) in [5.41, 5.74) is 3.39. The second kappa shape index (κ2) is 7.79. The average Bonchev–Trinajstić information content (AvgIpc) is 2.59. The largest absolute Gasteiger partial charge is 0.345 e. The minimum Gasteiger partial charge on any atom is -0.345 e. The van der Waals surface area contributed by atoms with Gasteiger partial charge in [0.15, 0.2) is 0 Å². The molecule has 1 N–H and O–H groups in total. The summed E-state index contributed by atoms with van der Waals surface area (Å²) in [7, 11) is 0. The predicted octanol–water partition coefficient (Wildman–Crippen LogP) is 4.81. The molecule has 0 aliphatic rings. The van der Waals surface area contributed by atoms with E-state index in [1.54, 1.807) is 24.3 Å². The Hall–Kier alpha value is -2.60. The number of nitriles is 1. The summed E-state index contributed by atoms with van der Waals surface area (Å²) < 4.78 is 0. The van der Waals surface area contributed by atoms with E-state index in [-0.39, 0.29) is 17.9 Å². The highest BCUT2D eigenvalue weighted by Gasteiger charge is 2.19. The van der Waals surface area contributed by atoms with Crippen molar-refractivity contribution in [3.05, 3.63) is 70.8 Å². The zero-order valence-electron chi connectivity index (χ0n) is 14.7. The van der Waals surface area contributed by atoms with Crippen molar-refractivity contribution in [3.8, 4) is 6.07 Å². The normalized spacial score (nSPS) is 12.0. The third kappa shape index (κ3) is 4.23. The van der Waals surface area contributed by atoms with Crippen molar-refractivity contribution in [2.24, 2.45) is 5.92 Å². The van der Waals surface area contributed by atoms with E-state index >= 15 is 0 Å². The number of benzene rings is 2. The third-order valence-corrected chi connectivity index (χ3v) is 4.17. The first-order valence-corrected chi connectivity index (χ1v) is 8.33. The number of amides is 1. The highest BCUT2D eigenvalue weighted by molar-refractivity contribution is 5.94. The van der Waals surface area contributed by atoms with Gasteiger partial charge in [0.05, 0.1) is 17.7 Å². The molecule has 2 rings (SSSR count). The summed E-state index contributed by atoms with van der Waals surface area (Å²) >= 11 is 0. The molecule has 0 aliphatic carbocycles. The summed E-state index contributed by atoms with van der Waals surface area (Å²) in [6.07, 6.45) is 0. The number of nitrogens with one attached hydrogen (secondary N) is 1. The van der Waals surface area contributed by atoms with Gasteiger partial charge in [-0.05, 0) is 41.2 Å². The van der Waals surface area contributed by atoms with E-state index in [1.165, 1.54) is 5.56 Å². The molecule has 1 amide bonds. The Balaban J connectivity index is 2.22. The van der Waals surface area contributed by atoms with Gasteiger partial charge in [-0.15, -0.1) is 0 Å². The minimum absolute atomic E-state index is 0.0653. The molecule has 0 radical (unpaired) electrons. The summed E-state index contributed by atoms with van der Waals surface area (Å²) in [4.78, 5) is 12.6. The van der Waals surface area contributed by atoms with E-state index in [0.29, 0.717) is 17.0 Å². The number of hydrogen-bond acceptors (Lipinski definition) is 2. The Bertz CT molecular complexity index is 739. The van der Waals surface area contributed by atoms with Crippen molar-refractivity contribution in [2.45, 2.75) is 39.7 Å². The van der Waals surface area contributed by atoms with Gasteiger partial charge in [-0.2, -0.15) is 5.26 Å². The summed E-state index contributed by atoms with van der Waals surface area (Å²) in [5.74, 6) is 0.594. The van der Waals surface area contributed by atoms with Crippen LogP contribution in [0, 0.1) is 17.2 Å². The Labute approximate surface area is 144 Å². The Kier molecular flexibility index (Phi) is 5.76. The lowest BCUT2D eigenvalue weighted by molar-refractivity contribution is 0.0925. The smallest absolute Gasteiger partial charge is 0.251 e. The molecule has 2 aromatic carbocycles. The molecule has 24 heavy (non-hydrogen) atoms. The topological polar surface area (TPSA) is 52.9 Å². The fraction of sp³-hybridized carbons (Fsp3) is 0.333. The Morgan fingerprint density at radius 3 is 2.17 bits per heavy atom. The Morgan fingerprint density at radius 1 is 1.00 bits per heavy atom. The fourth-order valence-corrected chi connectivity index (χ4v) is 2.68. The molecule has 0 spiro atoms. The van der Waals surface area contributed by atoms with E-state index in [2.05, 4.69) is 63.3 Å². The molecule has 0 fully saturated rings. The maximum absolute atomic E-state index is 12.6. The number of carbonyl (C=O) groups is 1.